The number of carbonyl (C=O) groups is 1. The molecule has 2 N–H and O–H groups in total. The van der Waals surface area contributed by atoms with Crippen LogP contribution in [-0.2, 0) is 11.3 Å². The summed E-state index contributed by atoms with van der Waals surface area (Å²) in [7, 11) is 3.09. The van der Waals surface area contributed by atoms with Crippen molar-refractivity contribution in [3.8, 4) is 11.5 Å². The van der Waals surface area contributed by atoms with Crippen molar-refractivity contribution in [1.29, 1.82) is 5.41 Å². The van der Waals surface area contributed by atoms with Crippen LogP contribution < -0.4 is 19.6 Å². The van der Waals surface area contributed by atoms with Gasteiger partial charge in [-0.05, 0) is 12.1 Å². The quantitative estimate of drug-likeness (QED) is 0.882. The first-order valence-electron chi connectivity index (χ1n) is 5.84. The molecule has 0 fully saturated rings. The molecule has 0 aliphatic heterocycles. The van der Waals surface area contributed by atoms with Crippen molar-refractivity contribution in [1.82, 2.24) is 4.57 Å². The molecule has 1 aromatic heterocycles. The summed E-state index contributed by atoms with van der Waals surface area (Å²) in [6, 6.07) is 5.16. The number of rotatable bonds is 5. The highest BCUT2D eigenvalue weighted by molar-refractivity contribution is 7.06. The van der Waals surface area contributed by atoms with Gasteiger partial charge >= 0.3 is 0 Å². The number of halogens is 1. The van der Waals surface area contributed by atoms with E-state index in [4.69, 9.17) is 14.9 Å². The summed E-state index contributed by atoms with van der Waals surface area (Å²) in [4.78, 5) is 12.3. The van der Waals surface area contributed by atoms with Gasteiger partial charge in [-0.1, -0.05) is 0 Å². The lowest BCUT2D eigenvalue weighted by Crippen LogP contribution is -2.24. The molecule has 1 heterocycles. The number of ether oxygens (including phenoxy) is 2. The lowest BCUT2D eigenvalue weighted by atomic mass is 10.2. The summed E-state index contributed by atoms with van der Waals surface area (Å²) < 4.78 is 11.9. The van der Waals surface area contributed by atoms with Gasteiger partial charge in [-0.2, -0.15) is 0 Å². The standard InChI is InChI=1S/C13H15N3O3S.ClH/c1-18-9-3-4-10(11(7-9)19-2)15-12(17)8-16-5-6-20-13(16)14;/h3-7,14H,8H2,1-2H3,(H,15,17);1H. The molecule has 0 bridgehead atoms. The average molecular weight is 330 g/mol. The maximum atomic E-state index is 12.0. The van der Waals surface area contributed by atoms with E-state index in [0.29, 0.717) is 22.0 Å². The largest absolute Gasteiger partial charge is 0.497 e. The van der Waals surface area contributed by atoms with Crippen LogP contribution in [0.1, 0.15) is 0 Å². The lowest BCUT2D eigenvalue weighted by Gasteiger charge is -2.11. The maximum absolute atomic E-state index is 12.0. The molecule has 1 amide bonds. The number of aromatic nitrogens is 1. The van der Waals surface area contributed by atoms with Crippen LogP contribution in [0.5, 0.6) is 11.5 Å². The van der Waals surface area contributed by atoms with Crippen molar-refractivity contribution in [3.05, 3.63) is 34.6 Å². The molecule has 114 valence electrons. The van der Waals surface area contributed by atoms with E-state index in [0.717, 1.165) is 0 Å². The molecule has 1 aromatic carbocycles. The topological polar surface area (TPSA) is 76.3 Å². The Hall–Kier alpha value is -1.99. The first-order chi connectivity index (χ1) is 9.63. The smallest absolute Gasteiger partial charge is 0.244 e. The van der Waals surface area contributed by atoms with Gasteiger partial charge in [-0.25, -0.2) is 0 Å². The van der Waals surface area contributed by atoms with Crippen molar-refractivity contribution in [2.75, 3.05) is 19.5 Å². The Balaban J connectivity index is 0.00000220. The average Bonchev–Trinajstić information content (AvgIpc) is 2.84. The van der Waals surface area contributed by atoms with Crippen LogP contribution in [0, 0.1) is 5.41 Å². The van der Waals surface area contributed by atoms with Crippen LogP contribution in [0.2, 0.25) is 0 Å². The summed E-state index contributed by atoms with van der Waals surface area (Å²) in [5.41, 5.74) is 0.570. The molecule has 6 nitrogen and oxygen atoms in total. The number of methoxy groups -OCH3 is 2. The minimum Gasteiger partial charge on any atom is -0.497 e. The van der Waals surface area contributed by atoms with Gasteiger partial charge < -0.3 is 19.4 Å². The number of amides is 1. The molecule has 2 aromatic rings. The van der Waals surface area contributed by atoms with Crippen LogP contribution in [0.4, 0.5) is 5.69 Å². The number of anilines is 1. The van der Waals surface area contributed by atoms with Crippen molar-refractivity contribution in [3.63, 3.8) is 0 Å². The Morgan fingerprint density at radius 1 is 1.38 bits per heavy atom. The maximum Gasteiger partial charge on any atom is 0.244 e. The van der Waals surface area contributed by atoms with E-state index in [1.807, 2.05) is 0 Å². The number of benzene rings is 1. The summed E-state index contributed by atoms with van der Waals surface area (Å²) in [6.07, 6.45) is 1.71. The Bertz CT molecular complexity index is 669. The van der Waals surface area contributed by atoms with Gasteiger partial charge in [0.2, 0.25) is 5.91 Å². The van der Waals surface area contributed by atoms with Crippen LogP contribution in [0.25, 0.3) is 0 Å². The molecule has 0 atom stereocenters. The van der Waals surface area contributed by atoms with Crippen LogP contribution in [0.3, 0.4) is 0 Å². The molecule has 0 saturated heterocycles. The fourth-order valence-corrected chi connectivity index (χ4v) is 2.27. The predicted octanol–water partition coefficient (Wildman–Crippen LogP) is 2.11. The van der Waals surface area contributed by atoms with Crippen LogP contribution in [-0.4, -0.2) is 24.7 Å². The summed E-state index contributed by atoms with van der Waals surface area (Å²) in [6.45, 7) is 0.0948. The van der Waals surface area contributed by atoms with E-state index >= 15 is 0 Å². The monoisotopic (exact) mass is 329 g/mol. The number of carbonyl (C=O) groups excluding carboxylic acids is 1. The third-order valence-electron chi connectivity index (χ3n) is 2.68. The van der Waals surface area contributed by atoms with E-state index in [1.54, 1.807) is 41.5 Å². The molecular weight excluding hydrogens is 314 g/mol. The van der Waals surface area contributed by atoms with Crippen molar-refractivity contribution < 1.29 is 14.3 Å². The van der Waals surface area contributed by atoms with E-state index in [2.05, 4.69) is 5.32 Å². The lowest BCUT2D eigenvalue weighted by molar-refractivity contribution is -0.116. The molecular formula is C13H16ClN3O3S. The molecule has 0 saturated carbocycles. The van der Waals surface area contributed by atoms with Crippen molar-refractivity contribution in [2.45, 2.75) is 6.54 Å². The molecule has 0 unspecified atom stereocenters. The zero-order chi connectivity index (χ0) is 14.5. The van der Waals surface area contributed by atoms with E-state index in [1.165, 1.54) is 18.4 Å². The van der Waals surface area contributed by atoms with E-state index < -0.39 is 0 Å². The first kappa shape index (κ1) is 17.1. The minimum atomic E-state index is -0.217. The predicted molar refractivity (Wildman–Crippen MR) is 83.6 cm³/mol. The third kappa shape index (κ3) is 4.24. The molecule has 0 aliphatic rings. The molecule has 8 heteroatoms. The number of hydrogen-bond donors (Lipinski definition) is 2. The third-order valence-corrected chi connectivity index (χ3v) is 3.39. The molecule has 21 heavy (non-hydrogen) atoms. The molecule has 2 rings (SSSR count). The Kier molecular flexibility index (Phi) is 6.26. The van der Waals surface area contributed by atoms with Crippen LogP contribution >= 0.6 is 23.7 Å². The number of nitrogens with one attached hydrogen (secondary N) is 2. The highest BCUT2D eigenvalue weighted by Crippen LogP contribution is 2.28. The van der Waals surface area contributed by atoms with Gasteiger partial charge in [0, 0.05) is 17.6 Å². The number of thiazole rings is 1. The second-order valence-corrected chi connectivity index (χ2v) is 4.85. The van der Waals surface area contributed by atoms with Gasteiger partial charge in [0.15, 0.2) is 4.80 Å². The fourth-order valence-electron chi connectivity index (χ4n) is 1.67. The summed E-state index contributed by atoms with van der Waals surface area (Å²) in [5.74, 6) is 0.963. The van der Waals surface area contributed by atoms with Crippen molar-refractivity contribution in [2.24, 2.45) is 0 Å². The zero-order valence-corrected chi connectivity index (χ0v) is 13.2. The second kappa shape index (κ2) is 7.70. The molecule has 0 radical (unpaired) electrons. The van der Waals surface area contributed by atoms with Crippen LogP contribution in [0.15, 0.2) is 29.8 Å². The Morgan fingerprint density at radius 2 is 2.14 bits per heavy atom. The zero-order valence-electron chi connectivity index (χ0n) is 11.6. The Morgan fingerprint density at radius 3 is 2.71 bits per heavy atom. The SMILES string of the molecule is COc1ccc(NC(=O)Cn2ccsc2=N)c(OC)c1.Cl. The van der Waals surface area contributed by atoms with Gasteiger partial charge in [0.05, 0.1) is 19.9 Å². The Labute approximate surface area is 132 Å². The highest BCUT2D eigenvalue weighted by atomic mass is 35.5. The second-order valence-electron chi connectivity index (χ2n) is 3.95. The van der Waals surface area contributed by atoms with Crippen molar-refractivity contribution >= 4 is 35.3 Å². The summed E-state index contributed by atoms with van der Waals surface area (Å²) >= 11 is 1.27. The normalized spacial score (nSPS) is 9.62. The van der Waals surface area contributed by atoms with Gasteiger partial charge in [-0.3, -0.25) is 10.2 Å². The fraction of sp³-hybridized carbons (Fsp3) is 0.231. The minimum absolute atomic E-state index is 0. The van der Waals surface area contributed by atoms with E-state index in [-0.39, 0.29) is 24.9 Å². The van der Waals surface area contributed by atoms with Gasteiger partial charge in [-0.15, -0.1) is 23.7 Å². The highest BCUT2D eigenvalue weighted by Gasteiger charge is 2.09. The number of nitrogens with zero attached hydrogens (tertiary/aromatic N) is 1. The van der Waals surface area contributed by atoms with Gasteiger partial charge in [0.25, 0.3) is 0 Å². The number of hydrogen-bond acceptors (Lipinski definition) is 5. The molecule has 0 spiro atoms. The first-order valence-corrected chi connectivity index (χ1v) is 6.72. The molecule has 0 aliphatic carbocycles. The van der Waals surface area contributed by atoms with E-state index in [9.17, 15) is 4.79 Å². The summed E-state index contributed by atoms with van der Waals surface area (Å²) in [5, 5.41) is 12.1. The van der Waals surface area contributed by atoms with Gasteiger partial charge in [0.1, 0.15) is 18.0 Å².